The van der Waals surface area contributed by atoms with Crippen LogP contribution >= 0.6 is 0 Å². The Labute approximate surface area is 175 Å². The third-order valence-corrected chi connectivity index (χ3v) is 6.27. The summed E-state index contributed by atoms with van der Waals surface area (Å²) in [4.78, 5) is 9.94. The first kappa shape index (κ1) is 22.0. The van der Waals surface area contributed by atoms with Gasteiger partial charge in [0, 0.05) is 51.2 Å². The fraction of sp³-hybridized carbons (Fsp3) is 0.696. The van der Waals surface area contributed by atoms with E-state index in [1.54, 1.807) is 12.1 Å². The van der Waals surface area contributed by atoms with Crippen molar-refractivity contribution in [2.24, 2.45) is 10.9 Å². The van der Waals surface area contributed by atoms with Crippen LogP contribution in [0.25, 0.3) is 0 Å². The summed E-state index contributed by atoms with van der Waals surface area (Å²) < 4.78 is 13.6. The molecule has 2 N–H and O–H groups in total. The molecule has 1 atom stereocenters. The lowest BCUT2D eigenvalue weighted by molar-refractivity contribution is 0.124. The van der Waals surface area contributed by atoms with Crippen molar-refractivity contribution in [3.05, 3.63) is 35.6 Å². The predicted octanol–water partition coefficient (Wildman–Crippen LogP) is 2.69. The fourth-order valence-corrected chi connectivity index (χ4v) is 4.14. The molecule has 1 aromatic rings. The molecule has 2 aliphatic rings. The number of likely N-dealkylation sites (N-methyl/N-ethyl adjacent to an activating group) is 1. The highest BCUT2D eigenvalue weighted by molar-refractivity contribution is 5.79. The summed E-state index contributed by atoms with van der Waals surface area (Å²) in [5.41, 5.74) is 1.10. The molecule has 2 fully saturated rings. The van der Waals surface area contributed by atoms with E-state index in [1.165, 1.54) is 32.2 Å². The Hall–Kier alpha value is -1.66. The molecule has 29 heavy (non-hydrogen) atoms. The van der Waals surface area contributed by atoms with Crippen LogP contribution < -0.4 is 10.6 Å². The topological polar surface area (TPSA) is 42.9 Å². The molecule has 1 heterocycles. The van der Waals surface area contributed by atoms with Crippen molar-refractivity contribution in [2.45, 2.75) is 39.0 Å². The number of nitrogens with one attached hydrogen (secondary N) is 2. The minimum atomic E-state index is -0.156. The van der Waals surface area contributed by atoms with Crippen molar-refractivity contribution in [1.82, 2.24) is 20.4 Å². The average Bonchev–Trinajstić information content (AvgIpc) is 3.52. The fourth-order valence-electron chi connectivity index (χ4n) is 4.14. The van der Waals surface area contributed by atoms with E-state index in [0.717, 1.165) is 50.5 Å². The van der Waals surface area contributed by atoms with E-state index in [-0.39, 0.29) is 11.2 Å². The van der Waals surface area contributed by atoms with Crippen LogP contribution in [-0.4, -0.2) is 74.7 Å². The zero-order valence-electron chi connectivity index (χ0n) is 18.4. The van der Waals surface area contributed by atoms with Crippen LogP contribution in [0.1, 0.15) is 39.2 Å². The maximum Gasteiger partial charge on any atom is 0.191 e. The smallest absolute Gasteiger partial charge is 0.191 e. The van der Waals surface area contributed by atoms with Gasteiger partial charge >= 0.3 is 0 Å². The SMILES string of the molecule is CCNC(=NCC1(c2cccc(F)c2)CC1)NCC(C)CN1CCN(CC)CC1. The Morgan fingerprint density at radius 1 is 1.14 bits per heavy atom. The maximum atomic E-state index is 13.6. The molecule has 0 spiro atoms. The number of hydrogen-bond acceptors (Lipinski definition) is 3. The lowest BCUT2D eigenvalue weighted by atomic mass is 9.96. The van der Waals surface area contributed by atoms with Gasteiger partial charge in [0.1, 0.15) is 5.82 Å². The highest BCUT2D eigenvalue weighted by Gasteiger charge is 2.44. The van der Waals surface area contributed by atoms with Crippen molar-refractivity contribution >= 4 is 5.96 Å². The summed E-state index contributed by atoms with van der Waals surface area (Å²) in [5, 5.41) is 6.88. The molecular weight excluding hydrogens is 365 g/mol. The zero-order chi connectivity index (χ0) is 20.7. The highest BCUT2D eigenvalue weighted by atomic mass is 19.1. The summed E-state index contributed by atoms with van der Waals surface area (Å²) >= 11 is 0. The summed E-state index contributed by atoms with van der Waals surface area (Å²) in [6, 6.07) is 7.02. The number of rotatable bonds is 9. The Balaban J connectivity index is 1.48. The third kappa shape index (κ3) is 6.41. The van der Waals surface area contributed by atoms with Crippen molar-refractivity contribution in [2.75, 3.05) is 58.9 Å². The zero-order valence-corrected chi connectivity index (χ0v) is 18.4. The van der Waals surface area contributed by atoms with E-state index in [9.17, 15) is 4.39 Å². The molecule has 1 saturated heterocycles. The second kappa shape index (κ2) is 10.4. The van der Waals surface area contributed by atoms with E-state index in [0.29, 0.717) is 12.5 Å². The molecule has 0 bridgehead atoms. The molecule has 0 radical (unpaired) electrons. The van der Waals surface area contributed by atoms with Crippen LogP contribution in [0.4, 0.5) is 4.39 Å². The molecule has 1 aliphatic heterocycles. The molecule has 1 saturated carbocycles. The number of hydrogen-bond donors (Lipinski definition) is 2. The first-order valence-corrected chi connectivity index (χ1v) is 11.3. The largest absolute Gasteiger partial charge is 0.357 e. The lowest BCUT2D eigenvalue weighted by Gasteiger charge is -2.35. The monoisotopic (exact) mass is 403 g/mol. The quantitative estimate of drug-likeness (QED) is 0.491. The maximum absolute atomic E-state index is 13.6. The molecule has 1 aliphatic carbocycles. The van der Waals surface area contributed by atoms with Crippen molar-refractivity contribution in [1.29, 1.82) is 0 Å². The Bertz CT molecular complexity index is 665. The molecule has 6 heteroatoms. The van der Waals surface area contributed by atoms with Crippen LogP contribution in [0.15, 0.2) is 29.3 Å². The Morgan fingerprint density at radius 3 is 2.48 bits per heavy atom. The van der Waals surface area contributed by atoms with Gasteiger partial charge in [-0.2, -0.15) is 0 Å². The van der Waals surface area contributed by atoms with Gasteiger partial charge in [0.2, 0.25) is 0 Å². The van der Waals surface area contributed by atoms with Gasteiger partial charge in [0.05, 0.1) is 6.54 Å². The minimum Gasteiger partial charge on any atom is -0.357 e. The first-order chi connectivity index (χ1) is 14.0. The average molecular weight is 404 g/mol. The van der Waals surface area contributed by atoms with E-state index in [1.807, 2.05) is 6.07 Å². The van der Waals surface area contributed by atoms with Crippen LogP contribution in [0.3, 0.4) is 0 Å². The van der Waals surface area contributed by atoms with Gasteiger partial charge in [-0.3, -0.25) is 4.99 Å². The van der Waals surface area contributed by atoms with Crippen LogP contribution in [-0.2, 0) is 5.41 Å². The highest BCUT2D eigenvalue weighted by Crippen LogP contribution is 2.48. The normalized spacial score (nSPS) is 21.0. The van der Waals surface area contributed by atoms with Gasteiger partial charge in [-0.25, -0.2) is 4.39 Å². The standard InChI is InChI=1S/C23H38FN5/c1-4-25-22(26-16-19(3)17-29-13-11-28(5-2)12-14-29)27-18-23(9-10-23)20-7-6-8-21(24)15-20/h6-8,15,19H,4-5,9-14,16-18H2,1-3H3,(H2,25,26,27). The number of guanidine groups is 1. The van der Waals surface area contributed by atoms with E-state index in [4.69, 9.17) is 4.99 Å². The number of piperazine rings is 1. The second-order valence-corrected chi connectivity index (χ2v) is 8.71. The van der Waals surface area contributed by atoms with Gasteiger partial charge in [-0.1, -0.05) is 26.0 Å². The minimum absolute atomic E-state index is 0.0228. The summed E-state index contributed by atoms with van der Waals surface area (Å²) in [5.74, 6) is 1.28. The summed E-state index contributed by atoms with van der Waals surface area (Å²) in [6.07, 6.45) is 2.17. The number of benzene rings is 1. The molecule has 0 amide bonds. The molecule has 1 aromatic carbocycles. The lowest BCUT2D eigenvalue weighted by Crippen LogP contribution is -2.48. The number of halogens is 1. The second-order valence-electron chi connectivity index (χ2n) is 8.71. The molecule has 5 nitrogen and oxygen atoms in total. The van der Waals surface area contributed by atoms with Gasteiger partial charge in [-0.05, 0) is 49.9 Å². The Kier molecular flexibility index (Phi) is 7.90. The van der Waals surface area contributed by atoms with Crippen LogP contribution in [0.5, 0.6) is 0 Å². The van der Waals surface area contributed by atoms with Crippen molar-refractivity contribution in [3.8, 4) is 0 Å². The summed E-state index contributed by atoms with van der Waals surface area (Å²) in [7, 11) is 0. The van der Waals surface area contributed by atoms with E-state index >= 15 is 0 Å². The Morgan fingerprint density at radius 2 is 1.86 bits per heavy atom. The van der Waals surface area contributed by atoms with Crippen LogP contribution in [0, 0.1) is 11.7 Å². The van der Waals surface area contributed by atoms with Gasteiger partial charge in [-0.15, -0.1) is 0 Å². The van der Waals surface area contributed by atoms with Crippen molar-refractivity contribution in [3.63, 3.8) is 0 Å². The number of aliphatic imine (C=N–C) groups is 1. The number of nitrogens with zero attached hydrogens (tertiary/aromatic N) is 3. The summed E-state index contributed by atoms with van der Waals surface area (Å²) in [6.45, 7) is 16.1. The molecule has 0 aromatic heterocycles. The van der Waals surface area contributed by atoms with Gasteiger partial charge < -0.3 is 20.4 Å². The van der Waals surface area contributed by atoms with E-state index < -0.39 is 0 Å². The third-order valence-electron chi connectivity index (χ3n) is 6.27. The van der Waals surface area contributed by atoms with Gasteiger partial charge in [0.25, 0.3) is 0 Å². The first-order valence-electron chi connectivity index (χ1n) is 11.3. The molecular formula is C23H38FN5. The van der Waals surface area contributed by atoms with Gasteiger partial charge in [0.15, 0.2) is 5.96 Å². The molecule has 3 rings (SSSR count). The van der Waals surface area contributed by atoms with E-state index in [2.05, 4.69) is 41.2 Å². The molecule has 1 unspecified atom stereocenters. The van der Waals surface area contributed by atoms with Crippen molar-refractivity contribution < 1.29 is 4.39 Å². The predicted molar refractivity (Wildman–Crippen MR) is 119 cm³/mol. The van der Waals surface area contributed by atoms with Crippen LogP contribution in [0.2, 0.25) is 0 Å². The molecule has 162 valence electrons.